The lowest BCUT2D eigenvalue weighted by molar-refractivity contribution is 0.0917. The summed E-state index contributed by atoms with van der Waals surface area (Å²) < 4.78 is 5.05. The van der Waals surface area contributed by atoms with E-state index < -0.39 is 0 Å². The molecule has 4 nitrogen and oxygen atoms in total. The molecule has 1 rings (SSSR count). The summed E-state index contributed by atoms with van der Waals surface area (Å²) >= 11 is 3.44. The van der Waals surface area contributed by atoms with Gasteiger partial charge in [-0.1, -0.05) is 29.3 Å². The van der Waals surface area contributed by atoms with Gasteiger partial charge in [-0.25, -0.2) is 4.98 Å². The van der Waals surface area contributed by atoms with Gasteiger partial charge in [-0.15, -0.1) is 0 Å². The summed E-state index contributed by atoms with van der Waals surface area (Å²) in [6.07, 6.45) is 4.63. The highest BCUT2D eigenvalue weighted by Gasteiger charge is 2.15. The molecule has 1 aromatic heterocycles. The third kappa shape index (κ3) is 4.50. The minimum Gasteiger partial charge on any atom is -0.438 e. The van der Waals surface area contributed by atoms with Crippen molar-refractivity contribution in [2.24, 2.45) is 5.92 Å². The number of hydrogen-bond donors (Lipinski definition) is 1. The maximum Gasteiger partial charge on any atom is 0.289 e. The normalized spacial score (nSPS) is 12.4. The van der Waals surface area contributed by atoms with Crippen LogP contribution in [0.25, 0.3) is 0 Å². The summed E-state index contributed by atoms with van der Waals surface area (Å²) in [5.41, 5.74) is 0.634. The van der Waals surface area contributed by atoms with E-state index in [4.69, 9.17) is 4.42 Å². The number of halogens is 1. The number of aromatic nitrogens is 1. The van der Waals surface area contributed by atoms with Gasteiger partial charge in [0, 0.05) is 11.9 Å². The highest BCUT2D eigenvalue weighted by molar-refractivity contribution is 9.09. The van der Waals surface area contributed by atoms with Crippen molar-refractivity contribution < 1.29 is 9.21 Å². The van der Waals surface area contributed by atoms with Gasteiger partial charge in [0.15, 0.2) is 6.39 Å². The van der Waals surface area contributed by atoms with Crippen molar-refractivity contribution in [1.29, 1.82) is 0 Å². The number of nitrogens with zero attached hydrogens (tertiary/aromatic N) is 1. The predicted octanol–water partition coefficient (Wildman–Crippen LogP) is 2.91. The van der Waals surface area contributed by atoms with Gasteiger partial charge in [-0.2, -0.15) is 0 Å². The molecule has 5 heteroatoms. The van der Waals surface area contributed by atoms with Crippen LogP contribution >= 0.6 is 15.9 Å². The molecule has 0 aliphatic rings. The molecule has 0 fully saturated rings. The Balaban J connectivity index is 2.43. The molecule has 0 aliphatic carbocycles. The Morgan fingerprint density at radius 1 is 1.59 bits per heavy atom. The zero-order valence-electron chi connectivity index (χ0n) is 10.3. The van der Waals surface area contributed by atoms with Gasteiger partial charge in [-0.3, -0.25) is 4.79 Å². The van der Waals surface area contributed by atoms with Gasteiger partial charge < -0.3 is 9.73 Å². The van der Waals surface area contributed by atoms with Gasteiger partial charge in [0.25, 0.3) is 5.91 Å². The van der Waals surface area contributed by atoms with E-state index in [0.29, 0.717) is 23.9 Å². The molecule has 0 aliphatic heterocycles. The fourth-order valence-electron chi connectivity index (χ4n) is 1.75. The second-order valence-corrected chi connectivity index (χ2v) is 4.90. The summed E-state index contributed by atoms with van der Waals surface area (Å²) in [4.78, 5) is 15.7. The Hall–Kier alpha value is -0.840. The lowest BCUT2D eigenvalue weighted by atomic mass is 10.0. The molecule has 0 saturated carbocycles. The van der Waals surface area contributed by atoms with Crippen molar-refractivity contribution in [2.45, 2.75) is 33.1 Å². The molecular weight excluding hydrogens is 284 g/mol. The Morgan fingerprint density at radius 2 is 2.35 bits per heavy atom. The molecule has 0 aromatic carbocycles. The minimum atomic E-state index is -0.171. The SMILES string of the molecule is CCCC(CCBr)CNC(=O)c1ocnc1C. The zero-order valence-corrected chi connectivity index (χ0v) is 11.9. The predicted molar refractivity (Wildman–Crippen MR) is 70.4 cm³/mol. The summed E-state index contributed by atoms with van der Waals surface area (Å²) in [5, 5.41) is 3.87. The Bertz CT molecular complexity index is 346. The Kier molecular flexibility index (Phi) is 6.26. The highest BCUT2D eigenvalue weighted by atomic mass is 79.9. The van der Waals surface area contributed by atoms with Crippen molar-refractivity contribution in [3.8, 4) is 0 Å². The van der Waals surface area contributed by atoms with Crippen LogP contribution in [0.4, 0.5) is 0 Å². The Morgan fingerprint density at radius 3 is 2.88 bits per heavy atom. The first-order chi connectivity index (χ1) is 8.19. The van der Waals surface area contributed by atoms with E-state index in [2.05, 4.69) is 33.2 Å². The molecule has 0 spiro atoms. The van der Waals surface area contributed by atoms with E-state index in [0.717, 1.165) is 24.6 Å². The van der Waals surface area contributed by atoms with E-state index in [1.54, 1.807) is 6.92 Å². The largest absolute Gasteiger partial charge is 0.438 e. The molecule has 1 atom stereocenters. The average Bonchev–Trinajstić information content (AvgIpc) is 2.72. The number of carbonyl (C=O) groups excluding carboxylic acids is 1. The molecule has 1 N–H and O–H groups in total. The van der Waals surface area contributed by atoms with Crippen molar-refractivity contribution in [2.75, 3.05) is 11.9 Å². The third-order valence-corrected chi connectivity index (χ3v) is 3.18. The van der Waals surface area contributed by atoms with E-state index >= 15 is 0 Å². The van der Waals surface area contributed by atoms with E-state index in [9.17, 15) is 4.79 Å². The van der Waals surface area contributed by atoms with Crippen LogP contribution in [0.2, 0.25) is 0 Å². The molecule has 1 unspecified atom stereocenters. The summed E-state index contributed by atoms with van der Waals surface area (Å²) in [7, 11) is 0. The fourth-order valence-corrected chi connectivity index (χ4v) is 2.40. The number of oxazole rings is 1. The molecular formula is C12H19BrN2O2. The van der Waals surface area contributed by atoms with Crippen molar-refractivity contribution in [3.63, 3.8) is 0 Å². The van der Waals surface area contributed by atoms with Gasteiger partial charge in [-0.05, 0) is 25.7 Å². The number of alkyl halides is 1. The minimum absolute atomic E-state index is 0.171. The molecule has 0 bridgehead atoms. The Labute approximate surface area is 110 Å². The van der Waals surface area contributed by atoms with Crippen molar-refractivity contribution in [3.05, 3.63) is 17.8 Å². The van der Waals surface area contributed by atoms with Crippen LogP contribution < -0.4 is 5.32 Å². The smallest absolute Gasteiger partial charge is 0.289 e. The average molecular weight is 303 g/mol. The number of aryl methyl sites for hydroxylation is 1. The number of amides is 1. The number of nitrogens with one attached hydrogen (secondary N) is 1. The quantitative estimate of drug-likeness (QED) is 0.788. The van der Waals surface area contributed by atoms with Crippen LogP contribution in [0.3, 0.4) is 0 Å². The fraction of sp³-hybridized carbons (Fsp3) is 0.667. The van der Waals surface area contributed by atoms with Crippen molar-refractivity contribution in [1.82, 2.24) is 10.3 Å². The topological polar surface area (TPSA) is 55.1 Å². The van der Waals surface area contributed by atoms with E-state index in [1.165, 1.54) is 6.39 Å². The monoisotopic (exact) mass is 302 g/mol. The summed E-state index contributed by atoms with van der Waals surface area (Å²) in [6.45, 7) is 4.61. The van der Waals surface area contributed by atoms with Crippen molar-refractivity contribution >= 4 is 21.8 Å². The lowest BCUT2D eigenvalue weighted by Crippen LogP contribution is -2.29. The van der Waals surface area contributed by atoms with Crippen LogP contribution in [-0.4, -0.2) is 22.8 Å². The molecule has 0 radical (unpaired) electrons. The van der Waals surface area contributed by atoms with Crippen LogP contribution in [0.15, 0.2) is 10.8 Å². The first-order valence-corrected chi connectivity index (χ1v) is 7.05. The maximum absolute atomic E-state index is 11.8. The van der Waals surface area contributed by atoms with Gasteiger partial charge in [0.2, 0.25) is 5.76 Å². The first kappa shape index (κ1) is 14.2. The van der Waals surface area contributed by atoms with Gasteiger partial charge >= 0.3 is 0 Å². The maximum atomic E-state index is 11.8. The summed E-state index contributed by atoms with van der Waals surface area (Å²) in [6, 6.07) is 0. The molecule has 1 amide bonds. The zero-order chi connectivity index (χ0) is 12.7. The van der Waals surface area contributed by atoms with E-state index in [1.807, 2.05) is 0 Å². The third-order valence-electron chi connectivity index (χ3n) is 2.72. The van der Waals surface area contributed by atoms with Crippen LogP contribution in [0, 0.1) is 12.8 Å². The van der Waals surface area contributed by atoms with Crippen LogP contribution in [-0.2, 0) is 0 Å². The van der Waals surface area contributed by atoms with E-state index in [-0.39, 0.29) is 5.91 Å². The summed E-state index contributed by atoms with van der Waals surface area (Å²) in [5.74, 6) is 0.668. The van der Waals surface area contributed by atoms with Crippen LogP contribution in [0.1, 0.15) is 42.4 Å². The molecule has 96 valence electrons. The second-order valence-electron chi connectivity index (χ2n) is 4.11. The molecule has 17 heavy (non-hydrogen) atoms. The molecule has 0 saturated heterocycles. The number of hydrogen-bond acceptors (Lipinski definition) is 3. The van der Waals surface area contributed by atoms with Crippen LogP contribution in [0.5, 0.6) is 0 Å². The first-order valence-electron chi connectivity index (χ1n) is 5.93. The second kappa shape index (κ2) is 7.48. The standard InChI is InChI=1S/C12H19BrN2O2/c1-3-4-10(5-6-13)7-14-12(16)11-9(2)15-8-17-11/h8,10H,3-7H2,1-2H3,(H,14,16). The number of carbonyl (C=O) groups is 1. The van der Waals surface area contributed by atoms with Gasteiger partial charge in [0.1, 0.15) is 0 Å². The molecule has 1 heterocycles. The number of rotatable bonds is 7. The van der Waals surface area contributed by atoms with Gasteiger partial charge in [0.05, 0.1) is 5.69 Å². The lowest BCUT2D eigenvalue weighted by Gasteiger charge is -2.15. The molecule has 1 aromatic rings. The highest BCUT2D eigenvalue weighted by Crippen LogP contribution is 2.12.